The highest BCUT2D eigenvalue weighted by Crippen LogP contribution is 2.32. The van der Waals surface area contributed by atoms with Crippen molar-refractivity contribution in [3.8, 4) is 0 Å². The smallest absolute Gasteiger partial charge is 0.150 e. The zero-order valence-corrected chi connectivity index (χ0v) is 10.3. The monoisotopic (exact) mass is 239 g/mol. The molecule has 0 bridgehead atoms. The number of hydrogen-bond donors (Lipinski definition) is 1. The van der Waals surface area contributed by atoms with Crippen molar-refractivity contribution in [1.82, 2.24) is 0 Å². The molecule has 1 aromatic carbocycles. The molecular weight excluding hydrogens is 222 g/mol. The van der Waals surface area contributed by atoms with Gasteiger partial charge in [0.1, 0.15) is 0 Å². The van der Waals surface area contributed by atoms with Gasteiger partial charge in [0.05, 0.1) is 5.75 Å². The van der Waals surface area contributed by atoms with Crippen molar-refractivity contribution in [3.63, 3.8) is 0 Å². The van der Waals surface area contributed by atoms with Crippen LogP contribution in [0, 0.1) is 0 Å². The Kier molecular flexibility index (Phi) is 3.19. The van der Waals surface area contributed by atoms with Crippen LogP contribution in [0.25, 0.3) is 0 Å². The Labute approximate surface area is 96.8 Å². The summed E-state index contributed by atoms with van der Waals surface area (Å²) in [6.45, 7) is 2.57. The van der Waals surface area contributed by atoms with Crippen LogP contribution < -0.4 is 5.32 Å². The third kappa shape index (κ3) is 2.38. The van der Waals surface area contributed by atoms with Gasteiger partial charge in [0.25, 0.3) is 0 Å². The van der Waals surface area contributed by atoms with Crippen LogP contribution in [-0.4, -0.2) is 26.5 Å². The van der Waals surface area contributed by atoms with Gasteiger partial charge in [-0.15, -0.1) is 0 Å². The van der Waals surface area contributed by atoms with Crippen molar-refractivity contribution in [3.05, 3.63) is 29.8 Å². The lowest BCUT2D eigenvalue weighted by Crippen LogP contribution is -2.23. The number of benzene rings is 1. The number of anilines is 1. The number of rotatable bonds is 3. The van der Waals surface area contributed by atoms with Crippen LogP contribution in [0.5, 0.6) is 0 Å². The third-order valence-electron chi connectivity index (χ3n) is 3.10. The predicted molar refractivity (Wildman–Crippen MR) is 66.6 cm³/mol. The molecule has 16 heavy (non-hydrogen) atoms. The third-order valence-corrected chi connectivity index (χ3v) is 4.89. The predicted octanol–water partition coefficient (Wildman–Crippen LogP) is 2.02. The summed E-state index contributed by atoms with van der Waals surface area (Å²) >= 11 is 0. The Morgan fingerprint density at radius 1 is 1.38 bits per heavy atom. The van der Waals surface area contributed by atoms with Crippen molar-refractivity contribution in [2.24, 2.45) is 0 Å². The van der Waals surface area contributed by atoms with Crippen LogP contribution in [0.1, 0.15) is 24.8 Å². The van der Waals surface area contributed by atoms with Gasteiger partial charge in [-0.05, 0) is 18.1 Å². The first-order chi connectivity index (χ1) is 7.62. The first-order valence-electron chi connectivity index (χ1n) is 5.65. The van der Waals surface area contributed by atoms with Gasteiger partial charge in [-0.25, -0.2) is 8.42 Å². The first kappa shape index (κ1) is 11.5. The second-order valence-corrected chi connectivity index (χ2v) is 6.60. The maximum Gasteiger partial charge on any atom is 0.150 e. The van der Waals surface area contributed by atoms with E-state index in [1.165, 1.54) is 0 Å². The molecule has 1 aliphatic heterocycles. The molecule has 0 radical (unpaired) electrons. The summed E-state index contributed by atoms with van der Waals surface area (Å²) < 4.78 is 23.3. The second-order valence-electron chi connectivity index (χ2n) is 4.20. The van der Waals surface area contributed by atoms with Crippen LogP contribution in [0.4, 0.5) is 5.69 Å². The Hall–Kier alpha value is -1.03. The number of hydrogen-bond acceptors (Lipinski definition) is 3. The zero-order chi connectivity index (χ0) is 11.6. The lowest BCUT2D eigenvalue weighted by molar-refractivity contribution is 0.582. The van der Waals surface area contributed by atoms with Crippen LogP contribution >= 0.6 is 0 Å². The Bertz CT molecular complexity index is 468. The quantitative estimate of drug-likeness (QED) is 0.877. The molecule has 1 unspecified atom stereocenters. The van der Waals surface area contributed by atoms with Crippen LogP contribution in [0.2, 0.25) is 0 Å². The summed E-state index contributed by atoms with van der Waals surface area (Å²) in [4.78, 5) is 0. The van der Waals surface area contributed by atoms with Gasteiger partial charge in [0.15, 0.2) is 9.84 Å². The lowest BCUT2D eigenvalue weighted by Gasteiger charge is -2.26. The van der Waals surface area contributed by atoms with Crippen LogP contribution in [0.3, 0.4) is 0 Å². The fraction of sp³-hybridized carbons (Fsp3) is 0.500. The summed E-state index contributed by atoms with van der Waals surface area (Å²) in [5.41, 5.74) is 2.23. The molecule has 0 amide bonds. The standard InChI is InChI=1S/C12H17NO2S/c1-2-16(14,15)9-10-7-8-13-12-6-4-3-5-11(10)12/h3-6,10,13H,2,7-9H2,1H3. The molecule has 4 heteroatoms. The summed E-state index contributed by atoms with van der Waals surface area (Å²) in [6, 6.07) is 7.98. The van der Waals surface area contributed by atoms with E-state index in [0.717, 1.165) is 24.2 Å². The maximum absolute atomic E-state index is 11.7. The molecule has 3 nitrogen and oxygen atoms in total. The molecule has 88 valence electrons. The van der Waals surface area contributed by atoms with E-state index in [1.807, 2.05) is 24.3 Å². The molecule has 0 saturated carbocycles. The van der Waals surface area contributed by atoms with Gasteiger partial charge >= 0.3 is 0 Å². The molecule has 0 aromatic heterocycles. The van der Waals surface area contributed by atoms with E-state index in [4.69, 9.17) is 0 Å². The molecular formula is C12H17NO2S. The van der Waals surface area contributed by atoms with Crippen molar-refractivity contribution < 1.29 is 8.42 Å². The van der Waals surface area contributed by atoms with E-state index in [1.54, 1.807) is 6.92 Å². The summed E-state index contributed by atoms with van der Waals surface area (Å²) in [6.07, 6.45) is 0.899. The minimum Gasteiger partial charge on any atom is -0.385 e. The molecule has 0 fully saturated rings. The number of nitrogens with one attached hydrogen (secondary N) is 1. The van der Waals surface area contributed by atoms with E-state index < -0.39 is 9.84 Å². The molecule has 1 heterocycles. The zero-order valence-electron chi connectivity index (χ0n) is 9.44. The molecule has 1 N–H and O–H groups in total. The van der Waals surface area contributed by atoms with Crippen molar-refractivity contribution in [2.45, 2.75) is 19.3 Å². The Balaban J connectivity index is 2.26. The summed E-state index contributed by atoms with van der Waals surface area (Å²) in [5, 5.41) is 3.30. The minimum atomic E-state index is -2.89. The molecule has 0 saturated heterocycles. The average molecular weight is 239 g/mol. The molecule has 2 rings (SSSR count). The van der Waals surface area contributed by atoms with Gasteiger partial charge in [-0.2, -0.15) is 0 Å². The van der Waals surface area contributed by atoms with E-state index >= 15 is 0 Å². The van der Waals surface area contributed by atoms with E-state index in [9.17, 15) is 8.42 Å². The number of para-hydroxylation sites is 1. The second kappa shape index (κ2) is 4.45. The van der Waals surface area contributed by atoms with E-state index in [-0.39, 0.29) is 17.4 Å². The summed E-state index contributed by atoms with van der Waals surface area (Å²) in [5.74, 6) is 0.670. The molecule has 1 aromatic rings. The summed E-state index contributed by atoms with van der Waals surface area (Å²) in [7, 11) is -2.89. The van der Waals surface area contributed by atoms with E-state index in [2.05, 4.69) is 5.32 Å². The molecule has 1 atom stereocenters. The highest BCUT2D eigenvalue weighted by molar-refractivity contribution is 7.91. The van der Waals surface area contributed by atoms with Gasteiger partial charge in [0.2, 0.25) is 0 Å². The molecule has 1 aliphatic rings. The van der Waals surface area contributed by atoms with Crippen molar-refractivity contribution in [2.75, 3.05) is 23.4 Å². The highest BCUT2D eigenvalue weighted by Gasteiger charge is 2.24. The normalized spacial score (nSPS) is 19.9. The minimum absolute atomic E-state index is 0.155. The maximum atomic E-state index is 11.7. The van der Waals surface area contributed by atoms with Crippen molar-refractivity contribution >= 4 is 15.5 Å². The van der Waals surface area contributed by atoms with Gasteiger partial charge < -0.3 is 5.32 Å². The van der Waals surface area contributed by atoms with Crippen molar-refractivity contribution in [1.29, 1.82) is 0 Å². The van der Waals surface area contributed by atoms with Gasteiger partial charge in [0, 0.05) is 23.9 Å². The van der Waals surface area contributed by atoms with E-state index in [0.29, 0.717) is 0 Å². The molecule has 0 aliphatic carbocycles. The van der Waals surface area contributed by atoms with Crippen LogP contribution in [0.15, 0.2) is 24.3 Å². The van der Waals surface area contributed by atoms with Gasteiger partial charge in [-0.3, -0.25) is 0 Å². The SMILES string of the molecule is CCS(=O)(=O)CC1CCNc2ccccc21. The highest BCUT2D eigenvalue weighted by atomic mass is 32.2. The number of fused-ring (bicyclic) bond motifs is 1. The molecule has 0 spiro atoms. The number of sulfone groups is 1. The Morgan fingerprint density at radius 2 is 2.12 bits per heavy atom. The fourth-order valence-corrected chi connectivity index (χ4v) is 3.34. The largest absolute Gasteiger partial charge is 0.385 e. The topological polar surface area (TPSA) is 46.2 Å². The first-order valence-corrected chi connectivity index (χ1v) is 7.48. The average Bonchev–Trinajstić information content (AvgIpc) is 2.29. The van der Waals surface area contributed by atoms with Gasteiger partial charge in [-0.1, -0.05) is 25.1 Å². The fourth-order valence-electron chi connectivity index (χ4n) is 2.15. The van der Waals surface area contributed by atoms with Crippen LogP contribution in [-0.2, 0) is 9.84 Å². The Morgan fingerprint density at radius 3 is 2.88 bits per heavy atom. The lowest BCUT2D eigenvalue weighted by atomic mass is 9.93.